The minimum absolute atomic E-state index is 0.101. The van der Waals surface area contributed by atoms with Gasteiger partial charge in [-0.05, 0) is 31.0 Å². The van der Waals surface area contributed by atoms with E-state index in [1.807, 2.05) is 0 Å². The second-order valence-corrected chi connectivity index (χ2v) is 6.26. The third-order valence-electron chi connectivity index (χ3n) is 3.68. The molecule has 1 saturated carbocycles. The standard InChI is InChI=1S/C13H11BrClF3N2/c14-8-1-2-9-10(7-8)20(11(19-9)3-6-15)12(4-5-12)13(16,17)18/h1-2,7H,3-6H2. The molecule has 0 N–H and O–H groups in total. The summed E-state index contributed by atoms with van der Waals surface area (Å²) in [4.78, 5) is 4.32. The van der Waals surface area contributed by atoms with Gasteiger partial charge in [0.1, 0.15) is 11.4 Å². The fourth-order valence-corrected chi connectivity index (χ4v) is 3.10. The van der Waals surface area contributed by atoms with Gasteiger partial charge in [-0.3, -0.25) is 0 Å². The van der Waals surface area contributed by atoms with Crippen molar-refractivity contribution in [1.82, 2.24) is 9.55 Å². The third-order valence-corrected chi connectivity index (χ3v) is 4.37. The third kappa shape index (κ3) is 2.04. The van der Waals surface area contributed by atoms with Crippen molar-refractivity contribution in [1.29, 1.82) is 0 Å². The average Bonchev–Trinajstić information content (AvgIpc) is 3.08. The number of rotatable bonds is 3. The van der Waals surface area contributed by atoms with E-state index in [1.165, 1.54) is 4.57 Å². The van der Waals surface area contributed by atoms with Gasteiger partial charge in [0.2, 0.25) is 0 Å². The van der Waals surface area contributed by atoms with Crippen LogP contribution in [0.1, 0.15) is 18.7 Å². The van der Waals surface area contributed by atoms with Crippen molar-refractivity contribution in [3.8, 4) is 0 Å². The van der Waals surface area contributed by atoms with Crippen LogP contribution in [0.3, 0.4) is 0 Å². The van der Waals surface area contributed by atoms with Crippen LogP contribution >= 0.6 is 27.5 Å². The van der Waals surface area contributed by atoms with Crippen LogP contribution in [0.4, 0.5) is 13.2 Å². The van der Waals surface area contributed by atoms with E-state index in [-0.39, 0.29) is 18.7 Å². The summed E-state index contributed by atoms with van der Waals surface area (Å²) in [5.74, 6) is 0.654. The lowest BCUT2D eigenvalue weighted by Gasteiger charge is -2.23. The van der Waals surface area contributed by atoms with Crippen molar-refractivity contribution >= 4 is 38.6 Å². The maximum atomic E-state index is 13.4. The summed E-state index contributed by atoms with van der Waals surface area (Å²) in [5, 5.41) is 0. The molecule has 1 aliphatic rings. The average molecular weight is 368 g/mol. The Hall–Kier alpha value is -0.750. The van der Waals surface area contributed by atoms with Crippen LogP contribution in [0.25, 0.3) is 11.0 Å². The SMILES string of the molecule is FC(F)(F)C1(n2c(CCCl)nc3ccc(Br)cc32)CC1. The number of fused-ring (bicyclic) bond motifs is 1. The highest BCUT2D eigenvalue weighted by Crippen LogP contribution is 2.57. The van der Waals surface area contributed by atoms with Crippen molar-refractivity contribution in [2.45, 2.75) is 31.0 Å². The molecule has 3 rings (SSSR count). The lowest BCUT2D eigenvalue weighted by Crippen LogP contribution is -2.36. The van der Waals surface area contributed by atoms with Gasteiger partial charge < -0.3 is 4.57 Å². The van der Waals surface area contributed by atoms with Crippen LogP contribution in [0.15, 0.2) is 22.7 Å². The van der Waals surface area contributed by atoms with E-state index in [2.05, 4.69) is 20.9 Å². The normalized spacial score (nSPS) is 17.6. The summed E-state index contributed by atoms with van der Waals surface area (Å²) in [6.07, 6.45) is -3.75. The quantitative estimate of drug-likeness (QED) is 0.723. The summed E-state index contributed by atoms with van der Waals surface area (Å²) in [5.41, 5.74) is -0.720. The molecule has 1 aromatic heterocycles. The van der Waals surface area contributed by atoms with Gasteiger partial charge in [0.05, 0.1) is 11.0 Å². The predicted octanol–water partition coefficient (Wildman–Crippen LogP) is 4.63. The molecule has 0 amide bonds. The first kappa shape index (κ1) is 14.2. The highest BCUT2D eigenvalue weighted by molar-refractivity contribution is 9.10. The van der Waals surface area contributed by atoms with E-state index in [0.29, 0.717) is 23.3 Å². The van der Waals surface area contributed by atoms with Crippen LogP contribution in [-0.4, -0.2) is 21.6 Å². The van der Waals surface area contributed by atoms with Crippen LogP contribution in [-0.2, 0) is 12.0 Å². The Bertz CT molecular complexity index is 661. The summed E-state index contributed by atoms with van der Waals surface area (Å²) < 4.78 is 42.3. The number of hydrogen-bond acceptors (Lipinski definition) is 1. The Morgan fingerprint density at radius 1 is 1.35 bits per heavy atom. The molecule has 0 bridgehead atoms. The van der Waals surface area contributed by atoms with Gasteiger partial charge in [0.15, 0.2) is 0 Å². The van der Waals surface area contributed by atoms with E-state index in [0.717, 1.165) is 4.47 Å². The molecule has 1 aliphatic carbocycles. The molecule has 108 valence electrons. The second-order valence-electron chi connectivity index (χ2n) is 4.96. The van der Waals surface area contributed by atoms with Crippen LogP contribution in [0.2, 0.25) is 0 Å². The maximum Gasteiger partial charge on any atom is 0.412 e. The molecular weight excluding hydrogens is 357 g/mol. The minimum Gasteiger partial charge on any atom is -0.312 e. The molecule has 0 aliphatic heterocycles. The Morgan fingerprint density at radius 3 is 2.60 bits per heavy atom. The molecule has 0 radical (unpaired) electrons. The zero-order valence-electron chi connectivity index (χ0n) is 10.3. The topological polar surface area (TPSA) is 17.8 Å². The molecule has 2 nitrogen and oxygen atoms in total. The zero-order valence-corrected chi connectivity index (χ0v) is 12.7. The van der Waals surface area contributed by atoms with Crippen molar-refractivity contribution in [3.63, 3.8) is 0 Å². The van der Waals surface area contributed by atoms with E-state index in [1.54, 1.807) is 18.2 Å². The molecule has 1 aromatic carbocycles. The van der Waals surface area contributed by atoms with Gasteiger partial charge in [0.25, 0.3) is 0 Å². The first-order valence-electron chi connectivity index (χ1n) is 6.19. The Labute approximate surface area is 127 Å². The molecule has 1 fully saturated rings. The highest BCUT2D eigenvalue weighted by atomic mass is 79.9. The first-order chi connectivity index (χ1) is 9.39. The molecule has 0 unspecified atom stereocenters. The summed E-state index contributed by atoms with van der Waals surface area (Å²) >= 11 is 9.01. The fraction of sp³-hybridized carbons (Fsp3) is 0.462. The number of benzene rings is 1. The molecule has 0 atom stereocenters. The lowest BCUT2D eigenvalue weighted by atomic mass is 10.2. The molecule has 0 spiro atoms. The van der Waals surface area contributed by atoms with Gasteiger partial charge in [-0.1, -0.05) is 15.9 Å². The number of alkyl halides is 4. The van der Waals surface area contributed by atoms with Gasteiger partial charge in [-0.15, -0.1) is 11.6 Å². The van der Waals surface area contributed by atoms with Crippen molar-refractivity contribution in [3.05, 3.63) is 28.5 Å². The number of imidazole rings is 1. The molecule has 0 saturated heterocycles. The summed E-state index contributed by atoms with van der Waals surface area (Å²) in [7, 11) is 0. The number of hydrogen-bond donors (Lipinski definition) is 0. The predicted molar refractivity (Wildman–Crippen MR) is 75.1 cm³/mol. The van der Waals surface area contributed by atoms with E-state index in [4.69, 9.17) is 11.6 Å². The lowest BCUT2D eigenvalue weighted by molar-refractivity contribution is -0.179. The number of halogens is 5. The van der Waals surface area contributed by atoms with Crippen LogP contribution in [0.5, 0.6) is 0 Å². The van der Waals surface area contributed by atoms with Gasteiger partial charge in [-0.2, -0.15) is 13.2 Å². The van der Waals surface area contributed by atoms with Crippen molar-refractivity contribution in [2.75, 3.05) is 5.88 Å². The summed E-state index contributed by atoms with van der Waals surface area (Å²) in [6, 6.07) is 5.18. The van der Waals surface area contributed by atoms with Gasteiger partial charge in [-0.25, -0.2) is 4.98 Å². The van der Waals surface area contributed by atoms with Crippen molar-refractivity contribution < 1.29 is 13.2 Å². The molecule has 1 heterocycles. The fourth-order valence-electron chi connectivity index (χ4n) is 2.58. The Morgan fingerprint density at radius 2 is 2.05 bits per heavy atom. The zero-order chi connectivity index (χ0) is 14.5. The minimum atomic E-state index is -4.27. The first-order valence-corrected chi connectivity index (χ1v) is 7.52. The number of nitrogens with zero attached hydrogens (tertiary/aromatic N) is 2. The molecule has 20 heavy (non-hydrogen) atoms. The molecular formula is C13H11BrClF3N2. The van der Waals surface area contributed by atoms with Gasteiger partial charge >= 0.3 is 6.18 Å². The van der Waals surface area contributed by atoms with Gasteiger partial charge in [0, 0.05) is 16.8 Å². The van der Waals surface area contributed by atoms with Crippen LogP contribution < -0.4 is 0 Å². The Kier molecular flexibility index (Phi) is 3.29. The monoisotopic (exact) mass is 366 g/mol. The van der Waals surface area contributed by atoms with E-state index >= 15 is 0 Å². The largest absolute Gasteiger partial charge is 0.412 e. The highest BCUT2D eigenvalue weighted by Gasteiger charge is 2.65. The maximum absolute atomic E-state index is 13.4. The number of aryl methyl sites for hydroxylation is 1. The van der Waals surface area contributed by atoms with E-state index < -0.39 is 11.7 Å². The molecule has 7 heteroatoms. The second kappa shape index (κ2) is 4.63. The van der Waals surface area contributed by atoms with Crippen molar-refractivity contribution in [2.24, 2.45) is 0 Å². The molecule has 2 aromatic rings. The van der Waals surface area contributed by atoms with Crippen LogP contribution in [0, 0.1) is 0 Å². The van der Waals surface area contributed by atoms with E-state index in [9.17, 15) is 13.2 Å². The smallest absolute Gasteiger partial charge is 0.312 e. The Balaban J connectivity index is 2.27. The number of aromatic nitrogens is 2. The summed E-state index contributed by atoms with van der Waals surface area (Å²) in [6.45, 7) is 0.